The number of amides is 3. The highest BCUT2D eigenvalue weighted by molar-refractivity contribution is 7.90. The van der Waals surface area contributed by atoms with Gasteiger partial charge in [-0.15, -0.1) is 0 Å². The summed E-state index contributed by atoms with van der Waals surface area (Å²) >= 11 is 0. The van der Waals surface area contributed by atoms with Crippen molar-refractivity contribution in [3.63, 3.8) is 0 Å². The minimum Gasteiger partial charge on any atom is -0.464 e. The number of esters is 2. The first kappa shape index (κ1) is 31.2. The maximum Gasteiger partial charge on any atom is 0.338 e. The lowest BCUT2D eigenvalue weighted by Gasteiger charge is -2.24. The molecule has 1 heterocycles. The zero-order chi connectivity index (χ0) is 30.2. The van der Waals surface area contributed by atoms with E-state index in [4.69, 9.17) is 9.47 Å². The van der Waals surface area contributed by atoms with Gasteiger partial charge in [-0.05, 0) is 36.6 Å². The van der Waals surface area contributed by atoms with Crippen molar-refractivity contribution in [3.8, 4) is 0 Å². The van der Waals surface area contributed by atoms with Crippen LogP contribution in [0.3, 0.4) is 0 Å². The van der Waals surface area contributed by atoms with Gasteiger partial charge in [0.05, 0.1) is 23.7 Å². The van der Waals surface area contributed by atoms with Crippen LogP contribution in [0, 0.1) is 5.41 Å². The predicted molar refractivity (Wildman–Crippen MR) is 147 cm³/mol. The van der Waals surface area contributed by atoms with E-state index in [1.807, 2.05) is 10.8 Å². The van der Waals surface area contributed by atoms with E-state index in [1.165, 1.54) is 18.2 Å². The van der Waals surface area contributed by atoms with Gasteiger partial charge in [0.15, 0.2) is 0 Å². The fourth-order valence-electron chi connectivity index (χ4n) is 3.68. The molecule has 0 aliphatic carbocycles. The van der Waals surface area contributed by atoms with Gasteiger partial charge in [-0.1, -0.05) is 57.2 Å². The Labute approximate surface area is 238 Å². The highest BCUT2D eigenvalue weighted by Gasteiger charge is 2.37. The van der Waals surface area contributed by atoms with Crippen molar-refractivity contribution >= 4 is 39.7 Å². The highest BCUT2D eigenvalue weighted by Crippen LogP contribution is 2.18. The highest BCUT2D eigenvalue weighted by atomic mass is 32.2. The molecule has 3 rings (SSSR count). The average molecular weight is 585 g/mol. The largest absolute Gasteiger partial charge is 0.464 e. The van der Waals surface area contributed by atoms with Gasteiger partial charge in [-0.25, -0.2) is 22.7 Å². The Bertz CT molecular complexity index is 1430. The minimum absolute atomic E-state index is 0.0141. The van der Waals surface area contributed by atoms with E-state index in [2.05, 4.69) is 0 Å². The third-order valence-electron chi connectivity index (χ3n) is 6.00. The fourth-order valence-corrected chi connectivity index (χ4v) is 4.89. The van der Waals surface area contributed by atoms with Crippen LogP contribution in [0.4, 0.5) is 0 Å². The zero-order valence-corrected chi connectivity index (χ0v) is 23.8. The molecular formula is C29H32N2O9S. The summed E-state index contributed by atoms with van der Waals surface area (Å²) in [5.41, 5.74) is -0.191. The third-order valence-corrected chi connectivity index (χ3v) is 7.33. The quantitative estimate of drug-likeness (QED) is 0.225. The Morgan fingerprint density at radius 1 is 0.878 bits per heavy atom. The van der Waals surface area contributed by atoms with Crippen LogP contribution in [-0.2, 0) is 45.1 Å². The van der Waals surface area contributed by atoms with Crippen molar-refractivity contribution in [1.29, 1.82) is 0 Å². The molecule has 0 saturated carbocycles. The van der Waals surface area contributed by atoms with E-state index < -0.39 is 51.1 Å². The van der Waals surface area contributed by atoms with Crippen LogP contribution in [0.2, 0.25) is 0 Å². The van der Waals surface area contributed by atoms with Gasteiger partial charge in [-0.3, -0.25) is 19.3 Å². The number of hydrogen-bond donors (Lipinski definition) is 1. The van der Waals surface area contributed by atoms with Gasteiger partial charge in [0.2, 0.25) is 5.91 Å². The second-order valence-corrected chi connectivity index (χ2v) is 12.0. The number of nitrogens with one attached hydrogen (secondary N) is 1. The SMILES string of the molecule is CC(C)(C)C(=O)NS(=O)(=O)c1cccc(C(=O)OCCCCOC(=O)[C@H](Cc2ccccc2)N2C(=O)C=CC2=O)c1. The van der Waals surface area contributed by atoms with Gasteiger partial charge in [0.1, 0.15) is 6.04 Å². The van der Waals surface area contributed by atoms with Crippen LogP contribution in [0.5, 0.6) is 0 Å². The van der Waals surface area contributed by atoms with Crippen LogP contribution in [0.1, 0.15) is 49.5 Å². The molecule has 2 aromatic carbocycles. The molecule has 0 saturated heterocycles. The number of ether oxygens (including phenoxy) is 2. The predicted octanol–water partition coefficient (Wildman–Crippen LogP) is 2.55. The van der Waals surface area contributed by atoms with Crippen LogP contribution in [0.25, 0.3) is 0 Å². The topological polar surface area (TPSA) is 153 Å². The van der Waals surface area contributed by atoms with E-state index in [9.17, 15) is 32.4 Å². The lowest BCUT2D eigenvalue weighted by Crippen LogP contribution is -2.47. The van der Waals surface area contributed by atoms with Crippen LogP contribution >= 0.6 is 0 Å². The summed E-state index contributed by atoms with van der Waals surface area (Å²) in [7, 11) is -4.18. The van der Waals surface area contributed by atoms with Gasteiger partial charge in [0, 0.05) is 24.0 Å². The number of carbonyl (C=O) groups is 5. The molecular weight excluding hydrogens is 552 g/mol. The summed E-state index contributed by atoms with van der Waals surface area (Å²) < 4.78 is 37.6. The Morgan fingerprint density at radius 3 is 2.10 bits per heavy atom. The lowest BCUT2D eigenvalue weighted by molar-refractivity contribution is -0.157. The molecule has 1 aliphatic rings. The Morgan fingerprint density at radius 2 is 1.49 bits per heavy atom. The molecule has 11 nitrogen and oxygen atoms in total. The molecule has 1 atom stereocenters. The first-order chi connectivity index (χ1) is 19.3. The standard InChI is InChI=1S/C29H32N2O9S/c1-29(2,3)28(36)30-41(37,38)22-13-9-12-21(19-22)26(34)39-16-7-8-17-40-27(35)23(18-20-10-5-4-6-11-20)31-24(32)14-15-25(31)33/h4-6,9-15,19,23H,7-8,16-18H2,1-3H3,(H,30,36)/t23-/m0/s1. The molecule has 0 spiro atoms. The first-order valence-electron chi connectivity index (χ1n) is 12.9. The van der Waals surface area contributed by atoms with E-state index >= 15 is 0 Å². The van der Waals surface area contributed by atoms with Gasteiger partial charge < -0.3 is 9.47 Å². The first-order valence-corrected chi connectivity index (χ1v) is 14.4. The molecule has 1 aliphatic heterocycles. The molecule has 0 aromatic heterocycles. The Balaban J connectivity index is 1.49. The Kier molecular flexibility index (Phi) is 10.2. The van der Waals surface area contributed by atoms with E-state index in [1.54, 1.807) is 45.0 Å². The molecule has 0 radical (unpaired) electrons. The molecule has 2 aromatic rings. The summed E-state index contributed by atoms with van der Waals surface area (Å²) in [4.78, 5) is 62.4. The van der Waals surface area contributed by atoms with Crippen LogP contribution in [-0.4, -0.2) is 62.2 Å². The minimum atomic E-state index is -4.18. The number of unbranched alkanes of at least 4 members (excludes halogenated alkanes) is 1. The molecule has 218 valence electrons. The van der Waals surface area contributed by atoms with Gasteiger partial charge in [-0.2, -0.15) is 0 Å². The molecule has 0 fully saturated rings. The smallest absolute Gasteiger partial charge is 0.338 e. The lowest BCUT2D eigenvalue weighted by atomic mass is 9.96. The monoisotopic (exact) mass is 584 g/mol. The van der Waals surface area contributed by atoms with Crippen LogP contribution < -0.4 is 4.72 Å². The van der Waals surface area contributed by atoms with Gasteiger partial charge >= 0.3 is 11.9 Å². The molecule has 0 unspecified atom stereocenters. The molecule has 1 N–H and O–H groups in total. The van der Waals surface area contributed by atoms with Crippen molar-refractivity contribution in [2.45, 2.75) is 51.0 Å². The molecule has 3 amide bonds. The average Bonchev–Trinajstić information content (AvgIpc) is 3.26. The van der Waals surface area contributed by atoms with Crippen molar-refractivity contribution in [3.05, 3.63) is 77.9 Å². The number of imide groups is 1. The third kappa shape index (κ3) is 8.58. The van der Waals surface area contributed by atoms with Crippen molar-refractivity contribution in [1.82, 2.24) is 9.62 Å². The van der Waals surface area contributed by atoms with E-state index in [0.29, 0.717) is 12.8 Å². The Hall–Kier alpha value is -4.32. The maximum absolute atomic E-state index is 12.8. The van der Waals surface area contributed by atoms with Crippen molar-refractivity contribution in [2.75, 3.05) is 13.2 Å². The number of sulfonamides is 1. The summed E-state index contributed by atoms with van der Waals surface area (Å²) in [6.45, 7) is 4.65. The summed E-state index contributed by atoms with van der Waals surface area (Å²) in [5.74, 6) is -3.36. The summed E-state index contributed by atoms with van der Waals surface area (Å²) in [6, 6.07) is 12.9. The summed E-state index contributed by atoms with van der Waals surface area (Å²) in [5, 5.41) is 0. The van der Waals surface area contributed by atoms with Crippen molar-refractivity contribution in [2.24, 2.45) is 5.41 Å². The van der Waals surface area contributed by atoms with Crippen LogP contribution in [0.15, 0.2) is 71.6 Å². The molecule has 12 heteroatoms. The number of nitrogens with zero attached hydrogens (tertiary/aromatic N) is 1. The molecule has 0 bridgehead atoms. The maximum atomic E-state index is 12.8. The second kappa shape index (κ2) is 13.4. The van der Waals surface area contributed by atoms with Gasteiger partial charge in [0.25, 0.3) is 21.8 Å². The number of carbonyl (C=O) groups excluding carboxylic acids is 5. The normalized spacial score (nSPS) is 14.1. The zero-order valence-electron chi connectivity index (χ0n) is 23.0. The number of benzene rings is 2. The number of hydrogen-bond acceptors (Lipinski definition) is 9. The molecule has 41 heavy (non-hydrogen) atoms. The van der Waals surface area contributed by atoms with E-state index in [0.717, 1.165) is 28.7 Å². The second-order valence-electron chi connectivity index (χ2n) is 10.3. The van der Waals surface area contributed by atoms with E-state index in [-0.39, 0.29) is 30.1 Å². The number of rotatable bonds is 12. The summed E-state index contributed by atoms with van der Waals surface area (Å²) in [6.07, 6.45) is 2.96. The van der Waals surface area contributed by atoms with Crippen molar-refractivity contribution < 1.29 is 41.9 Å². The fraction of sp³-hybridized carbons (Fsp3) is 0.345.